The van der Waals surface area contributed by atoms with Crippen LogP contribution in [0.15, 0.2) is 12.1 Å². The Morgan fingerprint density at radius 2 is 2.19 bits per heavy atom. The van der Waals surface area contributed by atoms with Crippen LogP contribution in [0.2, 0.25) is 0 Å². The van der Waals surface area contributed by atoms with Gasteiger partial charge in [0, 0.05) is 18.7 Å². The van der Waals surface area contributed by atoms with Crippen LogP contribution in [0.3, 0.4) is 0 Å². The maximum absolute atomic E-state index is 5.33. The molecule has 0 fully saturated rings. The van der Waals surface area contributed by atoms with Gasteiger partial charge in [0.25, 0.3) is 0 Å². The lowest BCUT2D eigenvalue weighted by Crippen LogP contribution is -1.98. The molecule has 2 heterocycles. The second kappa shape index (κ2) is 3.83. The molecule has 5 heteroatoms. The molecular formula is C11H12N2O2S. The predicted octanol–water partition coefficient (Wildman–Crippen LogP) is 2.85. The van der Waals surface area contributed by atoms with Gasteiger partial charge in [0.05, 0.1) is 10.2 Å². The highest BCUT2D eigenvalue weighted by atomic mass is 32.1. The van der Waals surface area contributed by atoms with Crippen LogP contribution in [0.1, 0.15) is 13.3 Å². The minimum Gasteiger partial charge on any atom is -0.454 e. The maximum Gasteiger partial charge on any atom is 0.231 e. The van der Waals surface area contributed by atoms with Crippen molar-refractivity contribution in [2.45, 2.75) is 13.3 Å². The van der Waals surface area contributed by atoms with Crippen molar-refractivity contribution < 1.29 is 9.47 Å². The van der Waals surface area contributed by atoms with Crippen LogP contribution in [0.5, 0.6) is 11.5 Å². The van der Waals surface area contributed by atoms with E-state index in [0.29, 0.717) is 6.79 Å². The summed E-state index contributed by atoms with van der Waals surface area (Å²) in [6.07, 6.45) is 1.10. The van der Waals surface area contributed by atoms with Crippen LogP contribution in [-0.4, -0.2) is 18.3 Å². The van der Waals surface area contributed by atoms with Crippen LogP contribution in [-0.2, 0) is 0 Å². The van der Waals surface area contributed by atoms with Crippen molar-refractivity contribution in [2.24, 2.45) is 0 Å². The number of nitrogens with one attached hydrogen (secondary N) is 1. The molecule has 3 rings (SSSR count). The van der Waals surface area contributed by atoms with E-state index in [1.165, 1.54) is 0 Å². The average Bonchev–Trinajstić information content (AvgIpc) is 2.87. The van der Waals surface area contributed by atoms with Gasteiger partial charge in [0.2, 0.25) is 6.79 Å². The van der Waals surface area contributed by atoms with E-state index in [2.05, 4.69) is 17.2 Å². The van der Waals surface area contributed by atoms with Crippen LogP contribution >= 0.6 is 11.3 Å². The molecule has 0 unspecified atom stereocenters. The van der Waals surface area contributed by atoms with Crippen molar-refractivity contribution in [1.29, 1.82) is 0 Å². The van der Waals surface area contributed by atoms with Gasteiger partial charge in [-0.15, -0.1) is 0 Å². The summed E-state index contributed by atoms with van der Waals surface area (Å²) in [7, 11) is 0. The Bertz CT molecular complexity index is 483. The number of hydrogen-bond acceptors (Lipinski definition) is 5. The molecule has 0 amide bonds. The van der Waals surface area contributed by atoms with Crippen LogP contribution in [0.4, 0.5) is 5.13 Å². The van der Waals surface area contributed by atoms with Gasteiger partial charge in [-0.25, -0.2) is 4.98 Å². The van der Waals surface area contributed by atoms with Gasteiger partial charge < -0.3 is 14.8 Å². The van der Waals surface area contributed by atoms with E-state index in [9.17, 15) is 0 Å². The summed E-state index contributed by atoms with van der Waals surface area (Å²) in [6, 6.07) is 3.93. The number of hydrogen-bond donors (Lipinski definition) is 1. The first kappa shape index (κ1) is 9.72. The van der Waals surface area contributed by atoms with Gasteiger partial charge >= 0.3 is 0 Å². The van der Waals surface area contributed by atoms with Crippen molar-refractivity contribution in [3.63, 3.8) is 0 Å². The second-order valence-electron chi connectivity index (χ2n) is 3.62. The summed E-state index contributed by atoms with van der Waals surface area (Å²) in [5, 5.41) is 4.24. The molecule has 0 spiro atoms. The van der Waals surface area contributed by atoms with E-state index in [-0.39, 0.29) is 0 Å². The Hall–Kier alpha value is -1.49. The zero-order valence-corrected chi connectivity index (χ0v) is 9.76. The number of fused-ring (bicyclic) bond motifs is 2. The van der Waals surface area contributed by atoms with Gasteiger partial charge in [-0.05, 0) is 6.42 Å². The standard InChI is InChI=1S/C11H12N2O2S/c1-2-3-12-11-13-7-4-8-9(15-6-14-8)5-10(7)16-11/h4-5H,2-3,6H2,1H3,(H,12,13). The molecule has 2 aromatic rings. The molecule has 0 saturated heterocycles. The first-order valence-corrected chi connectivity index (χ1v) is 6.12. The van der Waals surface area contributed by atoms with Gasteiger partial charge in [0.15, 0.2) is 16.6 Å². The Balaban J connectivity index is 1.99. The molecule has 1 aliphatic heterocycles. The lowest BCUT2D eigenvalue weighted by Gasteiger charge is -1.95. The highest BCUT2D eigenvalue weighted by Gasteiger charge is 2.16. The number of aromatic nitrogens is 1. The normalized spacial score (nSPS) is 13.3. The van der Waals surface area contributed by atoms with Crippen molar-refractivity contribution >= 4 is 26.7 Å². The third-order valence-electron chi connectivity index (χ3n) is 2.41. The lowest BCUT2D eigenvalue weighted by atomic mass is 10.3. The molecular weight excluding hydrogens is 224 g/mol. The summed E-state index contributed by atoms with van der Waals surface area (Å²) < 4.78 is 11.8. The minimum absolute atomic E-state index is 0.313. The topological polar surface area (TPSA) is 43.4 Å². The first-order chi connectivity index (χ1) is 7.86. The number of thiazole rings is 1. The zero-order chi connectivity index (χ0) is 11.0. The van der Waals surface area contributed by atoms with Crippen molar-refractivity contribution in [3.8, 4) is 11.5 Å². The Morgan fingerprint density at radius 3 is 3.00 bits per heavy atom. The van der Waals surface area contributed by atoms with E-state index in [1.54, 1.807) is 11.3 Å². The number of benzene rings is 1. The van der Waals surface area contributed by atoms with Gasteiger partial charge in [-0.2, -0.15) is 0 Å². The smallest absolute Gasteiger partial charge is 0.231 e. The lowest BCUT2D eigenvalue weighted by molar-refractivity contribution is 0.174. The molecule has 0 saturated carbocycles. The molecule has 0 atom stereocenters. The largest absolute Gasteiger partial charge is 0.454 e. The van der Waals surface area contributed by atoms with Crippen LogP contribution in [0.25, 0.3) is 10.2 Å². The molecule has 4 nitrogen and oxygen atoms in total. The maximum atomic E-state index is 5.33. The first-order valence-electron chi connectivity index (χ1n) is 5.31. The van der Waals surface area contributed by atoms with E-state index < -0.39 is 0 Å². The fraction of sp³-hybridized carbons (Fsp3) is 0.364. The molecule has 0 aliphatic carbocycles. The number of nitrogens with zero attached hydrogens (tertiary/aromatic N) is 1. The van der Waals surface area contributed by atoms with Crippen molar-refractivity contribution in [2.75, 3.05) is 18.7 Å². The third-order valence-corrected chi connectivity index (χ3v) is 3.38. The Kier molecular flexibility index (Phi) is 2.32. The van der Waals surface area contributed by atoms with E-state index in [1.807, 2.05) is 12.1 Å². The van der Waals surface area contributed by atoms with Crippen LogP contribution < -0.4 is 14.8 Å². The third kappa shape index (κ3) is 1.57. The quantitative estimate of drug-likeness (QED) is 0.890. The fourth-order valence-electron chi connectivity index (χ4n) is 1.63. The summed E-state index contributed by atoms with van der Waals surface area (Å²) in [4.78, 5) is 4.50. The predicted molar refractivity (Wildman–Crippen MR) is 64.5 cm³/mol. The number of ether oxygens (including phenoxy) is 2. The van der Waals surface area contributed by atoms with E-state index in [0.717, 1.165) is 39.8 Å². The Labute approximate surface area is 97.2 Å². The molecule has 0 bridgehead atoms. The molecule has 84 valence electrons. The van der Waals surface area contributed by atoms with Gasteiger partial charge in [0.1, 0.15) is 0 Å². The SMILES string of the molecule is CCCNc1nc2cc3c(cc2s1)OCO3. The fourth-order valence-corrected chi connectivity index (χ4v) is 2.53. The second-order valence-corrected chi connectivity index (χ2v) is 4.65. The van der Waals surface area contributed by atoms with E-state index in [4.69, 9.17) is 9.47 Å². The highest BCUT2D eigenvalue weighted by molar-refractivity contribution is 7.22. The van der Waals surface area contributed by atoms with Crippen molar-refractivity contribution in [1.82, 2.24) is 4.98 Å². The summed E-state index contributed by atoms with van der Waals surface area (Å²) in [6.45, 7) is 3.40. The van der Waals surface area contributed by atoms with Gasteiger partial charge in [-0.1, -0.05) is 18.3 Å². The molecule has 0 radical (unpaired) electrons. The highest BCUT2D eigenvalue weighted by Crippen LogP contribution is 2.38. The Morgan fingerprint density at radius 1 is 1.38 bits per heavy atom. The summed E-state index contributed by atoms with van der Waals surface area (Å²) >= 11 is 1.65. The zero-order valence-electron chi connectivity index (χ0n) is 8.95. The molecule has 1 aromatic carbocycles. The monoisotopic (exact) mass is 236 g/mol. The average molecular weight is 236 g/mol. The number of rotatable bonds is 3. The van der Waals surface area contributed by atoms with Crippen molar-refractivity contribution in [3.05, 3.63) is 12.1 Å². The molecule has 1 N–H and O–H groups in total. The molecule has 1 aromatic heterocycles. The molecule has 1 aliphatic rings. The number of anilines is 1. The van der Waals surface area contributed by atoms with Gasteiger partial charge in [-0.3, -0.25) is 0 Å². The summed E-state index contributed by atoms with van der Waals surface area (Å²) in [5.74, 6) is 1.61. The van der Waals surface area contributed by atoms with E-state index >= 15 is 0 Å². The minimum atomic E-state index is 0.313. The molecule has 16 heavy (non-hydrogen) atoms. The summed E-state index contributed by atoms with van der Waals surface area (Å²) in [5.41, 5.74) is 0.966. The van der Waals surface area contributed by atoms with Crippen LogP contribution in [0, 0.1) is 0 Å².